The van der Waals surface area contributed by atoms with Gasteiger partial charge in [-0.3, -0.25) is 4.79 Å². The number of hydrogen-bond acceptors (Lipinski definition) is 3. The normalized spacial score (nSPS) is 21.3. The number of likely N-dealkylation sites (tertiary alicyclic amines) is 1. The van der Waals surface area contributed by atoms with Gasteiger partial charge in [0.1, 0.15) is 5.82 Å². The van der Waals surface area contributed by atoms with Crippen molar-refractivity contribution in [1.29, 1.82) is 0 Å². The minimum Gasteiger partial charge on any atom is -0.391 e. The number of hydrogen-bond donors (Lipinski definition) is 2. The van der Waals surface area contributed by atoms with Crippen molar-refractivity contribution in [2.24, 2.45) is 5.73 Å². The van der Waals surface area contributed by atoms with Gasteiger partial charge in [-0.05, 0) is 42.5 Å². The number of rotatable bonds is 5. The number of aliphatic hydroxyl groups excluding tert-OH is 1. The molecule has 1 saturated heterocycles. The molecule has 0 radical (unpaired) electrons. The van der Waals surface area contributed by atoms with E-state index in [-0.39, 0.29) is 17.8 Å². The van der Waals surface area contributed by atoms with Gasteiger partial charge < -0.3 is 15.7 Å². The molecule has 1 heterocycles. The second kappa shape index (κ2) is 7.76. The summed E-state index contributed by atoms with van der Waals surface area (Å²) in [6.45, 7) is 0.494. The van der Waals surface area contributed by atoms with Gasteiger partial charge in [-0.1, -0.05) is 42.5 Å². The average molecular weight is 342 g/mol. The molecule has 0 spiro atoms. The topological polar surface area (TPSA) is 66.6 Å². The Labute approximate surface area is 147 Å². The standard InChI is InChI=1S/C20H23FN2O2/c21-16-8-6-15(7-9-16)13-18-19(24)10-11-23(18)20(25)17(22)12-14-4-2-1-3-5-14/h1-9,17-19,24H,10-13,22H2/t17-,18+,19+/m1/s1. The summed E-state index contributed by atoms with van der Waals surface area (Å²) in [5, 5.41) is 10.3. The number of nitrogens with zero attached hydrogens (tertiary/aromatic N) is 1. The van der Waals surface area contributed by atoms with E-state index in [2.05, 4.69) is 0 Å². The molecular formula is C20H23FN2O2. The molecule has 3 rings (SSSR count). The van der Waals surface area contributed by atoms with E-state index >= 15 is 0 Å². The van der Waals surface area contributed by atoms with E-state index in [4.69, 9.17) is 5.73 Å². The van der Waals surface area contributed by atoms with Gasteiger partial charge in [0, 0.05) is 6.54 Å². The van der Waals surface area contributed by atoms with Crippen molar-refractivity contribution in [3.63, 3.8) is 0 Å². The van der Waals surface area contributed by atoms with E-state index in [1.165, 1.54) is 12.1 Å². The molecule has 0 aliphatic carbocycles. The number of halogens is 1. The fourth-order valence-electron chi connectivity index (χ4n) is 3.39. The molecule has 4 nitrogen and oxygen atoms in total. The van der Waals surface area contributed by atoms with Gasteiger partial charge in [-0.15, -0.1) is 0 Å². The first-order valence-electron chi connectivity index (χ1n) is 8.57. The molecule has 0 unspecified atom stereocenters. The van der Waals surface area contributed by atoms with Crippen LogP contribution in [0, 0.1) is 5.82 Å². The van der Waals surface area contributed by atoms with Crippen molar-refractivity contribution in [2.75, 3.05) is 6.54 Å². The fraction of sp³-hybridized carbons (Fsp3) is 0.350. The lowest BCUT2D eigenvalue weighted by molar-refractivity contribution is -0.134. The van der Waals surface area contributed by atoms with E-state index in [0.29, 0.717) is 25.8 Å². The summed E-state index contributed by atoms with van der Waals surface area (Å²) in [4.78, 5) is 14.5. The van der Waals surface area contributed by atoms with Crippen LogP contribution in [0.1, 0.15) is 17.5 Å². The third-order valence-electron chi connectivity index (χ3n) is 4.77. The summed E-state index contributed by atoms with van der Waals surface area (Å²) >= 11 is 0. The van der Waals surface area contributed by atoms with Crippen LogP contribution < -0.4 is 5.73 Å². The van der Waals surface area contributed by atoms with Crippen LogP contribution in [-0.2, 0) is 17.6 Å². The third kappa shape index (κ3) is 4.24. The van der Waals surface area contributed by atoms with Gasteiger partial charge in [0.2, 0.25) is 5.91 Å². The molecule has 2 aromatic carbocycles. The van der Waals surface area contributed by atoms with Crippen LogP contribution in [0.3, 0.4) is 0 Å². The van der Waals surface area contributed by atoms with Gasteiger partial charge in [-0.25, -0.2) is 4.39 Å². The number of aliphatic hydroxyl groups is 1. The van der Waals surface area contributed by atoms with E-state index in [9.17, 15) is 14.3 Å². The van der Waals surface area contributed by atoms with Crippen LogP contribution in [0.2, 0.25) is 0 Å². The van der Waals surface area contributed by atoms with Crippen LogP contribution in [0.4, 0.5) is 4.39 Å². The van der Waals surface area contributed by atoms with Crippen LogP contribution in [0.25, 0.3) is 0 Å². The molecule has 3 N–H and O–H groups in total. The maximum absolute atomic E-state index is 13.1. The molecule has 0 aromatic heterocycles. The molecule has 0 bridgehead atoms. The van der Waals surface area contributed by atoms with Crippen molar-refractivity contribution < 1.29 is 14.3 Å². The molecule has 5 heteroatoms. The van der Waals surface area contributed by atoms with Gasteiger partial charge in [0.25, 0.3) is 0 Å². The molecule has 1 amide bonds. The second-order valence-corrected chi connectivity index (χ2v) is 6.58. The third-order valence-corrected chi connectivity index (χ3v) is 4.77. The maximum Gasteiger partial charge on any atom is 0.240 e. The van der Waals surface area contributed by atoms with E-state index in [0.717, 1.165) is 11.1 Å². The van der Waals surface area contributed by atoms with Crippen molar-refractivity contribution in [2.45, 2.75) is 37.5 Å². The van der Waals surface area contributed by atoms with Crippen molar-refractivity contribution in [3.8, 4) is 0 Å². The quantitative estimate of drug-likeness (QED) is 0.872. The Kier molecular flexibility index (Phi) is 5.46. The Hall–Kier alpha value is -2.24. The van der Waals surface area contributed by atoms with Gasteiger partial charge in [-0.2, -0.15) is 0 Å². The van der Waals surface area contributed by atoms with Crippen LogP contribution >= 0.6 is 0 Å². The first kappa shape index (κ1) is 17.6. The van der Waals surface area contributed by atoms with E-state index in [1.54, 1.807) is 17.0 Å². The van der Waals surface area contributed by atoms with Gasteiger partial charge in [0.15, 0.2) is 0 Å². The molecule has 2 aromatic rings. The molecule has 1 fully saturated rings. The summed E-state index contributed by atoms with van der Waals surface area (Å²) in [5.41, 5.74) is 8.03. The predicted molar refractivity (Wildman–Crippen MR) is 94.4 cm³/mol. The Morgan fingerprint density at radius 1 is 1.16 bits per heavy atom. The summed E-state index contributed by atoms with van der Waals surface area (Å²) in [6, 6.07) is 14.9. The molecule has 25 heavy (non-hydrogen) atoms. The summed E-state index contributed by atoms with van der Waals surface area (Å²) in [5.74, 6) is -0.443. The monoisotopic (exact) mass is 342 g/mol. The van der Waals surface area contributed by atoms with Crippen LogP contribution in [-0.4, -0.2) is 40.6 Å². The Balaban J connectivity index is 1.68. The zero-order chi connectivity index (χ0) is 17.8. The lowest BCUT2D eigenvalue weighted by Gasteiger charge is -2.29. The van der Waals surface area contributed by atoms with Crippen molar-refractivity contribution in [3.05, 3.63) is 71.5 Å². The predicted octanol–water partition coefficient (Wildman–Crippen LogP) is 1.90. The lowest BCUT2D eigenvalue weighted by Crippen LogP contribution is -2.49. The fourth-order valence-corrected chi connectivity index (χ4v) is 3.39. The van der Waals surface area contributed by atoms with E-state index in [1.807, 2.05) is 30.3 Å². The molecule has 0 saturated carbocycles. The highest BCUT2D eigenvalue weighted by atomic mass is 19.1. The van der Waals surface area contributed by atoms with Crippen LogP contribution in [0.5, 0.6) is 0 Å². The van der Waals surface area contributed by atoms with Gasteiger partial charge in [0.05, 0.1) is 18.2 Å². The second-order valence-electron chi connectivity index (χ2n) is 6.58. The minimum absolute atomic E-state index is 0.146. The zero-order valence-corrected chi connectivity index (χ0v) is 14.0. The number of carbonyl (C=O) groups excluding carboxylic acids is 1. The van der Waals surface area contributed by atoms with Crippen molar-refractivity contribution in [1.82, 2.24) is 4.90 Å². The molecule has 1 aliphatic rings. The summed E-state index contributed by atoms with van der Waals surface area (Å²) in [7, 11) is 0. The molecule has 132 valence electrons. The minimum atomic E-state index is -0.636. The van der Waals surface area contributed by atoms with Crippen LogP contribution in [0.15, 0.2) is 54.6 Å². The number of benzene rings is 2. The SMILES string of the molecule is N[C@H](Cc1ccccc1)C(=O)N1CC[C@H](O)[C@@H]1Cc1ccc(F)cc1. The first-order chi connectivity index (χ1) is 12.0. The Morgan fingerprint density at radius 2 is 1.84 bits per heavy atom. The maximum atomic E-state index is 13.1. The molecule has 3 atom stereocenters. The highest BCUT2D eigenvalue weighted by Crippen LogP contribution is 2.23. The first-order valence-corrected chi connectivity index (χ1v) is 8.57. The Bertz CT molecular complexity index is 705. The highest BCUT2D eigenvalue weighted by molar-refractivity contribution is 5.82. The smallest absolute Gasteiger partial charge is 0.240 e. The average Bonchev–Trinajstić information content (AvgIpc) is 2.98. The number of amides is 1. The summed E-state index contributed by atoms with van der Waals surface area (Å²) < 4.78 is 13.1. The number of nitrogens with two attached hydrogens (primary N) is 1. The largest absolute Gasteiger partial charge is 0.391 e. The lowest BCUT2D eigenvalue weighted by atomic mass is 10.0. The zero-order valence-electron chi connectivity index (χ0n) is 14.0. The van der Waals surface area contributed by atoms with Gasteiger partial charge >= 0.3 is 0 Å². The van der Waals surface area contributed by atoms with E-state index < -0.39 is 12.1 Å². The number of carbonyl (C=O) groups is 1. The Morgan fingerprint density at radius 3 is 2.52 bits per heavy atom. The highest BCUT2D eigenvalue weighted by Gasteiger charge is 2.37. The summed E-state index contributed by atoms with van der Waals surface area (Å²) in [6.07, 6.45) is 0.911. The molecular weight excluding hydrogens is 319 g/mol. The molecule has 1 aliphatic heterocycles. The van der Waals surface area contributed by atoms with Crippen molar-refractivity contribution >= 4 is 5.91 Å².